The lowest BCUT2D eigenvalue weighted by Gasteiger charge is -2.25. The highest BCUT2D eigenvalue weighted by molar-refractivity contribution is 6.30. The molecule has 2 rings (SSSR count). The highest BCUT2D eigenvalue weighted by Crippen LogP contribution is 2.29. The Labute approximate surface area is 128 Å². The fourth-order valence-corrected chi connectivity index (χ4v) is 2.52. The Morgan fingerprint density at radius 2 is 2.29 bits per heavy atom. The molecular formula is C15H18ClNO4. The molecule has 2 atom stereocenters. The fourth-order valence-electron chi connectivity index (χ4n) is 2.32. The number of hydrogen-bond donors (Lipinski definition) is 2. The van der Waals surface area contributed by atoms with Gasteiger partial charge in [-0.15, -0.1) is 0 Å². The summed E-state index contributed by atoms with van der Waals surface area (Å²) in [6.45, 7) is 2.47. The van der Waals surface area contributed by atoms with E-state index < -0.39 is 5.97 Å². The predicted octanol–water partition coefficient (Wildman–Crippen LogP) is 2.12. The van der Waals surface area contributed by atoms with Crippen LogP contribution in [0.4, 0.5) is 0 Å². The number of carbonyl (C=O) groups excluding carboxylic acids is 1. The third-order valence-electron chi connectivity index (χ3n) is 3.45. The van der Waals surface area contributed by atoms with Crippen LogP contribution in [0.5, 0.6) is 5.75 Å². The van der Waals surface area contributed by atoms with Gasteiger partial charge in [-0.2, -0.15) is 0 Å². The van der Waals surface area contributed by atoms with Crippen LogP contribution in [0.25, 0.3) is 0 Å². The lowest BCUT2D eigenvalue weighted by atomic mass is 9.95. The number of carboxylic acid groups (broad SMARTS) is 1. The van der Waals surface area contributed by atoms with E-state index in [0.29, 0.717) is 24.6 Å². The maximum atomic E-state index is 12.1. The van der Waals surface area contributed by atoms with Crippen molar-refractivity contribution in [3.63, 3.8) is 0 Å². The van der Waals surface area contributed by atoms with Crippen LogP contribution >= 0.6 is 11.6 Å². The van der Waals surface area contributed by atoms with Crippen LogP contribution in [-0.2, 0) is 16.0 Å². The summed E-state index contributed by atoms with van der Waals surface area (Å²) in [5, 5.41) is 12.1. The molecule has 5 nitrogen and oxygen atoms in total. The summed E-state index contributed by atoms with van der Waals surface area (Å²) >= 11 is 5.94. The second-order valence-corrected chi connectivity index (χ2v) is 5.85. The number of benzene rings is 1. The monoisotopic (exact) mass is 311 g/mol. The summed E-state index contributed by atoms with van der Waals surface area (Å²) in [7, 11) is 0. The zero-order valence-electron chi connectivity index (χ0n) is 11.8. The van der Waals surface area contributed by atoms with Crippen molar-refractivity contribution < 1.29 is 19.4 Å². The maximum absolute atomic E-state index is 12.1. The van der Waals surface area contributed by atoms with Crippen molar-refractivity contribution in [2.75, 3.05) is 13.2 Å². The first-order valence-corrected chi connectivity index (χ1v) is 7.24. The maximum Gasteiger partial charge on any atom is 0.303 e. The quantitative estimate of drug-likeness (QED) is 0.873. The Morgan fingerprint density at radius 1 is 1.52 bits per heavy atom. The molecule has 0 bridgehead atoms. The van der Waals surface area contributed by atoms with E-state index in [1.54, 1.807) is 19.1 Å². The number of ether oxygens (including phenoxy) is 1. The van der Waals surface area contributed by atoms with Crippen molar-refractivity contribution in [2.45, 2.75) is 19.8 Å². The molecule has 1 aliphatic rings. The van der Waals surface area contributed by atoms with Gasteiger partial charge in [0.15, 0.2) is 0 Å². The molecule has 0 radical (unpaired) electrons. The molecule has 2 N–H and O–H groups in total. The summed E-state index contributed by atoms with van der Waals surface area (Å²) in [5.41, 5.74) is 0.924. The lowest BCUT2D eigenvalue weighted by molar-refractivity contribution is -0.138. The molecule has 21 heavy (non-hydrogen) atoms. The largest absolute Gasteiger partial charge is 0.492 e. The van der Waals surface area contributed by atoms with Gasteiger partial charge in [0.2, 0.25) is 5.91 Å². The predicted molar refractivity (Wildman–Crippen MR) is 78.6 cm³/mol. The van der Waals surface area contributed by atoms with Crippen LogP contribution in [0.2, 0.25) is 5.02 Å². The van der Waals surface area contributed by atoms with Gasteiger partial charge in [0.05, 0.1) is 5.92 Å². The molecule has 1 heterocycles. The molecule has 0 saturated carbocycles. The van der Waals surface area contributed by atoms with Crippen molar-refractivity contribution >= 4 is 23.5 Å². The van der Waals surface area contributed by atoms with E-state index in [0.717, 1.165) is 11.3 Å². The molecular weight excluding hydrogens is 294 g/mol. The fraction of sp³-hybridized carbons (Fsp3) is 0.467. The number of halogens is 1. The van der Waals surface area contributed by atoms with Gasteiger partial charge in [-0.3, -0.25) is 9.59 Å². The van der Waals surface area contributed by atoms with Gasteiger partial charge in [-0.1, -0.05) is 18.5 Å². The second-order valence-electron chi connectivity index (χ2n) is 5.41. The summed E-state index contributed by atoms with van der Waals surface area (Å²) in [5.74, 6) is -0.576. The average molecular weight is 312 g/mol. The van der Waals surface area contributed by atoms with Crippen molar-refractivity contribution in [1.82, 2.24) is 5.32 Å². The molecule has 1 aromatic rings. The highest BCUT2D eigenvalue weighted by Gasteiger charge is 2.26. The van der Waals surface area contributed by atoms with E-state index in [1.165, 1.54) is 0 Å². The SMILES string of the molecule is CC(CNC(=O)C1COc2ccc(Cl)cc2C1)CC(=O)O. The Balaban J connectivity index is 1.88. The summed E-state index contributed by atoms with van der Waals surface area (Å²) < 4.78 is 5.57. The third kappa shape index (κ3) is 4.36. The smallest absolute Gasteiger partial charge is 0.303 e. The second kappa shape index (κ2) is 6.80. The molecule has 0 aliphatic carbocycles. The average Bonchev–Trinajstić information content (AvgIpc) is 2.43. The van der Waals surface area contributed by atoms with Crippen LogP contribution in [0, 0.1) is 11.8 Å². The number of carbonyl (C=O) groups is 2. The van der Waals surface area contributed by atoms with E-state index in [9.17, 15) is 9.59 Å². The molecule has 6 heteroatoms. The van der Waals surface area contributed by atoms with Crippen LogP contribution < -0.4 is 10.1 Å². The number of carboxylic acids is 1. The standard InChI is InChI=1S/C15H18ClNO4/c1-9(4-14(18)19)7-17-15(20)11-5-10-6-12(16)2-3-13(10)21-8-11/h2-3,6,9,11H,4-5,7-8H2,1H3,(H,17,20)(H,18,19). The Morgan fingerprint density at radius 3 is 3.00 bits per heavy atom. The van der Waals surface area contributed by atoms with Crippen LogP contribution in [0.15, 0.2) is 18.2 Å². The molecule has 1 amide bonds. The van der Waals surface area contributed by atoms with Crippen molar-refractivity contribution in [3.8, 4) is 5.75 Å². The minimum atomic E-state index is -0.860. The highest BCUT2D eigenvalue weighted by atomic mass is 35.5. The summed E-state index contributed by atoms with van der Waals surface area (Å²) in [6.07, 6.45) is 0.620. The third-order valence-corrected chi connectivity index (χ3v) is 3.68. The number of nitrogens with one attached hydrogen (secondary N) is 1. The number of aliphatic carboxylic acids is 1. The lowest BCUT2D eigenvalue weighted by Crippen LogP contribution is -2.39. The molecule has 1 aliphatic heterocycles. The van der Waals surface area contributed by atoms with E-state index >= 15 is 0 Å². The Kier molecular flexibility index (Phi) is 5.07. The van der Waals surface area contributed by atoms with Gasteiger partial charge in [-0.25, -0.2) is 0 Å². The first-order chi connectivity index (χ1) is 9.95. The van der Waals surface area contributed by atoms with Gasteiger partial charge < -0.3 is 15.2 Å². The van der Waals surface area contributed by atoms with E-state index in [2.05, 4.69) is 5.32 Å². The Bertz CT molecular complexity index is 546. The van der Waals surface area contributed by atoms with E-state index in [-0.39, 0.29) is 24.2 Å². The normalized spacial score (nSPS) is 18.3. The zero-order valence-corrected chi connectivity index (χ0v) is 12.5. The molecule has 0 saturated heterocycles. The van der Waals surface area contributed by atoms with Gasteiger partial charge in [0.1, 0.15) is 12.4 Å². The minimum Gasteiger partial charge on any atom is -0.492 e. The topological polar surface area (TPSA) is 75.6 Å². The number of hydrogen-bond acceptors (Lipinski definition) is 3. The van der Waals surface area contributed by atoms with Gasteiger partial charge in [0.25, 0.3) is 0 Å². The first-order valence-electron chi connectivity index (χ1n) is 6.86. The zero-order chi connectivity index (χ0) is 15.4. The summed E-state index contributed by atoms with van der Waals surface area (Å²) in [6, 6.07) is 5.37. The van der Waals surface area contributed by atoms with Crippen LogP contribution in [0.3, 0.4) is 0 Å². The molecule has 1 aromatic carbocycles. The van der Waals surface area contributed by atoms with E-state index in [4.69, 9.17) is 21.4 Å². The Hall–Kier alpha value is -1.75. The molecule has 2 unspecified atom stereocenters. The minimum absolute atomic E-state index is 0.0416. The molecule has 0 aromatic heterocycles. The number of rotatable bonds is 5. The van der Waals surface area contributed by atoms with Crippen molar-refractivity contribution in [3.05, 3.63) is 28.8 Å². The van der Waals surface area contributed by atoms with Crippen LogP contribution in [0.1, 0.15) is 18.9 Å². The van der Waals surface area contributed by atoms with Gasteiger partial charge >= 0.3 is 5.97 Å². The van der Waals surface area contributed by atoms with Gasteiger partial charge in [-0.05, 0) is 36.1 Å². The number of fused-ring (bicyclic) bond motifs is 1. The van der Waals surface area contributed by atoms with Crippen LogP contribution in [-0.4, -0.2) is 30.1 Å². The number of amides is 1. The van der Waals surface area contributed by atoms with Gasteiger partial charge in [0, 0.05) is 18.0 Å². The molecule has 0 fully saturated rings. The van der Waals surface area contributed by atoms with Crippen molar-refractivity contribution in [1.29, 1.82) is 0 Å². The first kappa shape index (κ1) is 15.6. The molecule has 114 valence electrons. The van der Waals surface area contributed by atoms with E-state index in [1.807, 2.05) is 6.07 Å². The molecule has 0 spiro atoms. The summed E-state index contributed by atoms with van der Waals surface area (Å²) in [4.78, 5) is 22.7. The van der Waals surface area contributed by atoms with Crippen molar-refractivity contribution in [2.24, 2.45) is 11.8 Å².